The molecule has 0 bridgehead atoms. The van der Waals surface area contributed by atoms with E-state index in [1.807, 2.05) is 37.3 Å². The topological polar surface area (TPSA) is 182 Å². The van der Waals surface area contributed by atoms with Crippen molar-refractivity contribution in [2.75, 3.05) is 20.3 Å². The molecule has 8 rings (SSSR count). The van der Waals surface area contributed by atoms with Gasteiger partial charge in [-0.05, 0) is 96.3 Å². The molecule has 4 heterocycles. The summed E-state index contributed by atoms with van der Waals surface area (Å²) >= 11 is 0. The van der Waals surface area contributed by atoms with Crippen LogP contribution in [0, 0.1) is 18.3 Å². The smallest absolute Gasteiger partial charge is 0.407 e. The van der Waals surface area contributed by atoms with Crippen molar-refractivity contribution in [3.05, 3.63) is 41.6 Å². The van der Waals surface area contributed by atoms with Crippen molar-refractivity contribution in [3.63, 3.8) is 0 Å². The third-order valence-corrected chi connectivity index (χ3v) is 15.6. The van der Waals surface area contributed by atoms with Crippen LogP contribution in [-0.2, 0) is 35.6 Å². The third kappa shape index (κ3) is 7.58. The van der Waals surface area contributed by atoms with Crippen LogP contribution in [0.25, 0.3) is 10.9 Å². The molecule has 18 heteroatoms. The molecule has 4 amide bonds. The number of hydrogen-bond acceptors (Lipinski definition) is 10. The highest BCUT2D eigenvalue weighted by atomic mass is 32.2. The lowest BCUT2D eigenvalue weighted by Gasteiger charge is -2.36. The summed E-state index contributed by atoms with van der Waals surface area (Å²) < 4.78 is 85.9. The first-order valence-corrected chi connectivity index (χ1v) is 21.8. The van der Waals surface area contributed by atoms with Crippen LogP contribution in [0.2, 0.25) is 0 Å². The molecule has 3 saturated carbocycles. The molecule has 1 spiro atoms. The molecular formula is C41H50F3N5O9S. The molecule has 6 aliphatic rings. The molecule has 1 aromatic heterocycles. The van der Waals surface area contributed by atoms with Crippen molar-refractivity contribution in [2.45, 2.75) is 131 Å². The van der Waals surface area contributed by atoms with Gasteiger partial charge in [0.15, 0.2) is 0 Å². The minimum Gasteiger partial charge on any atom is -0.497 e. The first kappa shape index (κ1) is 41.1. The summed E-state index contributed by atoms with van der Waals surface area (Å²) in [6.45, 7) is 2.39. The second-order valence-electron chi connectivity index (χ2n) is 17.6. The standard InChI is InChI=1S/C41H50F3N5O9S/c1-24-32-27(28-19-26(56-3)11-12-29(28)45-24)13-14-39(58-32)21-31-33(50)47-40(35(52)48-59(54,55)37(2)15-16-37)20-25(40)9-7-5-4-6-8-10-30(34(51)49(31)22-39)46-36(53)57-23-38(17-18-38)41(42,43)44/h7,9,11-12,19,25,30-31H,4-6,8,10,13-18,20-23H2,1-3H3,(H,46,53)(H,47,50)(H,48,52)/b9-7-/t25-,30+,31+,39-,40-/m1/s1. The van der Waals surface area contributed by atoms with E-state index < -0.39 is 85.9 Å². The Balaban J connectivity index is 1.11. The monoisotopic (exact) mass is 845 g/mol. The maximum Gasteiger partial charge on any atom is 0.407 e. The van der Waals surface area contributed by atoms with Gasteiger partial charge in [0.1, 0.15) is 46.7 Å². The Kier molecular flexibility index (Phi) is 10.1. The molecule has 4 fully saturated rings. The Labute approximate surface area is 340 Å². The second-order valence-corrected chi connectivity index (χ2v) is 19.8. The maximum absolute atomic E-state index is 14.8. The molecule has 3 aliphatic heterocycles. The summed E-state index contributed by atoms with van der Waals surface area (Å²) in [4.78, 5) is 62.6. The normalized spacial score (nSPS) is 30.3. The number of halogens is 3. The lowest BCUT2D eigenvalue weighted by molar-refractivity contribution is -0.196. The zero-order valence-corrected chi connectivity index (χ0v) is 34.2. The van der Waals surface area contributed by atoms with Crippen molar-refractivity contribution in [1.82, 2.24) is 25.2 Å². The number of methoxy groups -OCH3 is 1. The largest absolute Gasteiger partial charge is 0.497 e. The van der Waals surface area contributed by atoms with Crippen molar-refractivity contribution < 1.29 is 55.0 Å². The van der Waals surface area contributed by atoms with Gasteiger partial charge in [-0.15, -0.1) is 0 Å². The minimum absolute atomic E-state index is 0.0144. The molecule has 3 N–H and O–H groups in total. The van der Waals surface area contributed by atoms with Crippen LogP contribution in [0.1, 0.15) is 95.2 Å². The van der Waals surface area contributed by atoms with Gasteiger partial charge in [-0.1, -0.05) is 25.0 Å². The predicted octanol–water partition coefficient (Wildman–Crippen LogP) is 5.05. The quantitative estimate of drug-likeness (QED) is 0.319. The maximum atomic E-state index is 14.8. The summed E-state index contributed by atoms with van der Waals surface area (Å²) in [5, 5.41) is 6.21. The van der Waals surface area contributed by atoms with Crippen molar-refractivity contribution in [3.8, 4) is 11.5 Å². The lowest BCUT2D eigenvalue weighted by Crippen LogP contribution is -2.58. The SMILES string of the molecule is COc1ccc2nc(C)c3c(c2c1)CC[C@]1(C[C@H]2C(=O)N[C@]4(C(=O)NS(=O)(=O)C5(C)CC5)C[C@H]4/C=C\CCCCC[C@H](NC(=O)OCC4(C(F)(F)F)CC4)C(=O)N2C1)O3. The number of nitrogens with zero attached hydrogens (tertiary/aromatic N) is 2. The van der Waals surface area contributed by atoms with E-state index in [-0.39, 0.29) is 38.6 Å². The summed E-state index contributed by atoms with van der Waals surface area (Å²) in [6, 6.07) is 3.04. The van der Waals surface area contributed by atoms with Crippen molar-refractivity contribution in [2.24, 2.45) is 11.3 Å². The van der Waals surface area contributed by atoms with Gasteiger partial charge in [-0.25, -0.2) is 18.2 Å². The van der Waals surface area contributed by atoms with Crippen LogP contribution < -0.4 is 24.8 Å². The summed E-state index contributed by atoms with van der Waals surface area (Å²) in [5.41, 5.74) is -2.60. The van der Waals surface area contributed by atoms with Gasteiger partial charge in [0.05, 0.1) is 29.6 Å². The van der Waals surface area contributed by atoms with Crippen LogP contribution in [0.4, 0.5) is 18.0 Å². The van der Waals surface area contributed by atoms with E-state index in [2.05, 4.69) is 15.4 Å². The number of alkyl halides is 3. The average Bonchev–Trinajstić information content (AvgIpc) is 4.13. The predicted molar refractivity (Wildman–Crippen MR) is 207 cm³/mol. The number of ether oxygens (including phenoxy) is 3. The van der Waals surface area contributed by atoms with Crippen LogP contribution in [0.3, 0.4) is 0 Å². The molecule has 0 radical (unpaired) electrons. The fourth-order valence-electron chi connectivity index (χ4n) is 8.85. The number of aromatic nitrogens is 1. The number of aryl methyl sites for hydroxylation is 2. The van der Waals surface area contributed by atoms with E-state index in [0.29, 0.717) is 68.6 Å². The number of pyridine rings is 1. The van der Waals surface area contributed by atoms with Gasteiger partial charge < -0.3 is 29.7 Å². The van der Waals surface area contributed by atoms with E-state index in [1.165, 1.54) is 4.90 Å². The Bertz CT molecular complexity index is 2230. The number of amides is 4. The number of hydrogen-bond donors (Lipinski definition) is 3. The highest BCUT2D eigenvalue weighted by Crippen LogP contribution is 2.57. The van der Waals surface area contributed by atoms with Crippen LogP contribution in [-0.4, -0.2) is 96.5 Å². The number of alkyl carbamates (subject to hydrolysis) is 1. The van der Waals surface area contributed by atoms with Crippen molar-refractivity contribution >= 4 is 44.7 Å². The lowest BCUT2D eigenvalue weighted by atomic mass is 9.87. The number of rotatable bonds is 7. The highest BCUT2D eigenvalue weighted by molar-refractivity contribution is 7.91. The second kappa shape index (κ2) is 14.5. The fraction of sp³-hybridized carbons (Fsp3) is 0.634. The van der Waals surface area contributed by atoms with Gasteiger partial charge in [0.25, 0.3) is 5.91 Å². The molecule has 14 nitrogen and oxygen atoms in total. The summed E-state index contributed by atoms with van der Waals surface area (Å²) in [5.74, 6) is -1.60. The Morgan fingerprint density at radius 1 is 1.08 bits per heavy atom. The Morgan fingerprint density at radius 3 is 2.54 bits per heavy atom. The minimum atomic E-state index is -4.55. The van der Waals surface area contributed by atoms with Crippen molar-refractivity contribution in [1.29, 1.82) is 0 Å². The van der Waals surface area contributed by atoms with E-state index in [0.717, 1.165) is 16.5 Å². The van der Waals surface area contributed by atoms with Crippen LogP contribution in [0.15, 0.2) is 30.4 Å². The number of benzene rings is 1. The van der Waals surface area contributed by atoms with Gasteiger partial charge >= 0.3 is 12.3 Å². The van der Waals surface area contributed by atoms with Gasteiger partial charge in [0.2, 0.25) is 21.8 Å². The van der Waals surface area contributed by atoms with Gasteiger partial charge in [-0.2, -0.15) is 13.2 Å². The van der Waals surface area contributed by atoms with E-state index >= 15 is 0 Å². The molecule has 5 atom stereocenters. The first-order chi connectivity index (χ1) is 27.8. The fourth-order valence-corrected chi connectivity index (χ4v) is 10.2. The summed E-state index contributed by atoms with van der Waals surface area (Å²) in [6.07, 6.45) is 1.90. The molecule has 59 heavy (non-hydrogen) atoms. The Hall–Kier alpha value is -4.61. The zero-order chi connectivity index (χ0) is 42.2. The highest BCUT2D eigenvalue weighted by Gasteiger charge is 2.65. The molecule has 1 aromatic carbocycles. The van der Waals surface area contributed by atoms with Gasteiger partial charge in [0, 0.05) is 23.3 Å². The molecule has 3 aliphatic carbocycles. The van der Waals surface area contributed by atoms with E-state index in [9.17, 15) is 40.8 Å². The average molecular weight is 846 g/mol. The van der Waals surface area contributed by atoms with Crippen LogP contribution >= 0.6 is 0 Å². The first-order valence-electron chi connectivity index (χ1n) is 20.4. The number of carbonyl (C=O) groups excluding carboxylic acids is 4. The van der Waals surface area contributed by atoms with E-state index in [4.69, 9.17) is 19.2 Å². The van der Waals surface area contributed by atoms with E-state index in [1.54, 1.807) is 14.0 Å². The number of allylic oxidation sites excluding steroid dienone is 1. The van der Waals surface area contributed by atoms with Crippen LogP contribution in [0.5, 0.6) is 11.5 Å². The molecule has 1 saturated heterocycles. The summed E-state index contributed by atoms with van der Waals surface area (Å²) in [7, 11) is -2.49. The van der Waals surface area contributed by atoms with Gasteiger partial charge in [-0.3, -0.25) is 19.1 Å². The zero-order valence-electron chi connectivity index (χ0n) is 33.3. The number of fused-ring (bicyclic) bond motifs is 5. The molecule has 2 aromatic rings. The molecule has 320 valence electrons. The third-order valence-electron chi connectivity index (χ3n) is 13.4. The number of sulfonamides is 1. The molecular weight excluding hydrogens is 796 g/mol. The number of nitrogens with one attached hydrogen (secondary N) is 3. The molecule has 0 unspecified atom stereocenters. The number of carbonyl (C=O) groups is 4. The Morgan fingerprint density at radius 2 is 1.85 bits per heavy atom.